The van der Waals surface area contributed by atoms with Crippen LogP contribution in [0.4, 0.5) is 0 Å². The Balaban J connectivity index is 1.36. The third-order valence-electron chi connectivity index (χ3n) is 6.52. The number of pyridine rings is 2. The van der Waals surface area contributed by atoms with Crippen molar-refractivity contribution >= 4 is 22.8 Å². The standard InChI is InChI=1S/C29H25ClN8O/c1-4-25-33-27-17(2)13-18(3)32-29(27)38(25)16-19-5-7-20(8-6-19)24-15-22(39-26-14-21(30)11-12-31-26)9-10-23(24)28-34-36-37-35-28/h5-15H,4,16H2,1-3H3,(H,34,35,36,37). The number of imidazole rings is 1. The summed E-state index contributed by atoms with van der Waals surface area (Å²) in [6, 6.07) is 19.6. The van der Waals surface area contributed by atoms with Gasteiger partial charge in [0.1, 0.15) is 17.1 Å². The number of H-pyrrole nitrogens is 1. The van der Waals surface area contributed by atoms with Gasteiger partial charge in [0.05, 0.1) is 6.54 Å². The molecule has 0 spiro atoms. The molecule has 0 bridgehead atoms. The predicted molar refractivity (Wildman–Crippen MR) is 150 cm³/mol. The number of nitrogens with one attached hydrogen (secondary N) is 1. The second-order valence-corrected chi connectivity index (χ2v) is 9.71. The molecule has 4 aromatic heterocycles. The highest BCUT2D eigenvalue weighted by atomic mass is 35.5. The third-order valence-corrected chi connectivity index (χ3v) is 6.75. The van der Waals surface area contributed by atoms with Gasteiger partial charge in [-0.1, -0.05) is 42.8 Å². The summed E-state index contributed by atoms with van der Waals surface area (Å²) in [5, 5.41) is 15.2. The lowest BCUT2D eigenvalue weighted by molar-refractivity contribution is 0.463. The second-order valence-electron chi connectivity index (χ2n) is 9.27. The quantitative estimate of drug-likeness (QED) is 0.253. The highest BCUT2D eigenvalue weighted by Crippen LogP contribution is 2.35. The van der Waals surface area contributed by atoms with E-state index in [-0.39, 0.29) is 0 Å². The van der Waals surface area contributed by atoms with Crippen LogP contribution in [0, 0.1) is 13.8 Å². The van der Waals surface area contributed by atoms with Gasteiger partial charge in [-0.15, -0.1) is 10.2 Å². The van der Waals surface area contributed by atoms with E-state index in [1.165, 1.54) is 0 Å². The van der Waals surface area contributed by atoms with E-state index in [1.54, 1.807) is 18.3 Å². The van der Waals surface area contributed by atoms with Gasteiger partial charge >= 0.3 is 0 Å². The van der Waals surface area contributed by atoms with Crippen molar-refractivity contribution in [2.45, 2.75) is 33.7 Å². The zero-order chi connectivity index (χ0) is 26.9. The van der Waals surface area contributed by atoms with Crippen molar-refractivity contribution in [1.82, 2.24) is 40.1 Å². The minimum absolute atomic E-state index is 0.412. The number of aromatic amines is 1. The van der Waals surface area contributed by atoms with Crippen LogP contribution in [-0.4, -0.2) is 40.1 Å². The number of ether oxygens (including phenoxy) is 1. The van der Waals surface area contributed by atoms with E-state index in [9.17, 15) is 0 Å². The molecule has 0 saturated heterocycles. The summed E-state index contributed by atoms with van der Waals surface area (Å²) in [6.45, 7) is 6.91. The van der Waals surface area contributed by atoms with Crippen molar-refractivity contribution in [1.29, 1.82) is 0 Å². The second kappa shape index (κ2) is 10.3. The molecule has 2 aromatic carbocycles. The fourth-order valence-corrected chi connectivity index (χ4v) is 4.86. The highest BCUT2D eigenvalue weighted by molar-refractivity contribution is 6.30. The molecule has 6 aromatic rings. The van der Waals surface area contributed by atoms with Gasteiger partial charge in [-0.25, -0.2) is 15.0 Å². The number of hydrogen-bond donors (Lipinski definition) is 1. The van der Waals surface area contributed by atoms with Crippen LogP contribution in [0.1, 0.15) is 29.6 Å². The Bertz CT molecular complexity index is 1780. The van der Waals surface area contributed by atoms with Gasteiger partial charge in [-0.3, -0.25) is 0 Å². The van der Waals surface area contributed by atoms with Crippen LogP contribution in [0.15, 0.2) is 66.9 Å². The number of nitrogens with zero attached hydrogens (tertiary/aromatic N) is 7. The van der Waals surface area contributed by atoms with Crippen molar-refractivity contribution in [2.24, 2.45) is 0 Å². The predicted octanol–water partition coefficient (Wildman–Crippen LogP) is 6.35. The average Bonchev–Trinajstić information content (AvgIpc) is 3.58. The van der Waals surface area contributed by atoms with Gasteiger partial charge in [0, 0.05) is 35.0 Å². The van der Waals surface area contributed by atoms with Crippen molar-refractivity contribution < 1.29 is 4.74 Å². The Morgan fingerprint density at radius 1 is 0.949 bits per heavy atom. The van der Waals surface area contributed by atoms with Crippen LogP contribution in [0.25, 0.3) is 33.7 Å². The van der Waals surface area contributed by atoms with Crippen LogP contribution >= 0.6 is 11.6 Å². The van der Waals surface area contributed by atoms with Crippen LogP contribution in [0.2, 0.25) is 5.02 Å². The Morgan fingerprint density at radius 3 is 2.54 bits per heavy atom. The summed E-state index contributed by atoms with van der Waals surface area (Å²) in [4.78, 5) is 13.9. The third kappa shape index (κ3) is 4.96. The van der Waals surface area contributed by atoms with Crippen LogP contribution in [-0.2, 0) is 13.0 Å². The molecule has 6 rings (SSSR count). The van der Waals surface area contributed by atoms with E-state index in [0.717, 1.165) is 56.9 Å². The minimum Gasteiger partial charge on any atom is -0.439 e. The van der Waals surface area contributed by atoms with Crippen molar-refractivity contribution in [3.63, 3.8) is 0 Å². The molecule has 39 heavy (non-hydrogen) atoms. The Morgan fingerprint density at radius 2 is 1.79 bits per heavy atom. The number of hydrogen-bond acceptors (Lipinski definition) is 7. The zero-order valence-corrected chi connectivity index (χ0v) is 22.4. The molecule has 0 aliphatic carbocycles. The fraction of sp³-hybridized carbons (Fsp3) is 0.172. The summed E-state index contributed by atoms with van der Waals surface area (Å²) in [5.74, 6) is 2.55. The average molecular weight is 537 g/mol. The Hall–Kier alpha value is -4.63. The van der Waals surface area contributed by atoms with Crippen LogP contribution in [0.5, 0.6) is 11.6 Å². The highest BCUT2D eigenvalue weighted by Gasteiger charge is 2.16. The number of halogens is 1. The van der Waals surface area contributed by atoms with Crippen molar-refractivity contribution in [3.05, 3.63) is 94.5 Å². The van der Waals surface area contributed by atoms with Gasteiger partial charge in [0.2, 0.25) is 11.7 Å². The minimum atomic E-state index is 0.412. The van der Waals surface area contributed by atoms with Gasteiger partial charge in [0.25, 0.3) is 0 Å². The normalized spacial score (nSPS) is 11.3. The first-order valence-corrected chi connectivity index (χ1v) is 13.0. The fourth-order valence-electron chi connectivity index (χ4n) is 4.72. The molecule has 0 aliphatic heterocycles. The summed E-state index contributed by atoms with van der Waals surface area (Å²) in [6.07, 6.45) is 2.44. The maximum absolute atomic E-state index is 6.11. The first kappa shape index (κ1) is 24.7. The first-order valence-electron chi connectivity index (χ1n) is 12.6. The van der Waals surface area contributed by atoms with E-state index in [2.05, 4.69) is 74.4 Å². The zero-order valence-electron chi connectivity index (χ0n) is 21.7. The molecule has 4 heterocycles. The molecule has 0 aliphatic rings. The van der Waals surface area contributed by atoms with Gasteiger partial charge < -0.3 is 9.30 Å². The maximum Gasteiger partial charge on any atom is 0.220 e. The molecule has 0 radical (unpaired) electrons. The number of benzene rings is 2. The largest absolute Gasteiger partial charge is 0.439 e. The molecular weight excluding hydrogens is 512 g/mol. The molecule has 194 valence electrons. The van der Waals surface area contributed by atoms with E-state index < -0.39 is 0 Å². The van der Waals surface area contributed by atoms with Crippen molar-refractivity contribution in [3.8, 4) is 34.1 Å². The monoisotopic (exact) mass is 536 g/mol. The molecule has 0 unspecified atom stereocenters. The number of fused-ring (bicyclic) bond motifs is 1. The van der Waals surface area contributed by atoms with E-state index in [1.807, 2.05) is 25.1 Å². The molecule has 0 amide bonds. The Labute approximate surface area is 229 Å². The SMILES string of the molecule is CCc1nc2c(C)cc(C)nc2n1Cc1ccc(-c2cc(Oc3cc(Cl)ccn3)ccc2-c2nn[nH]n2)cc1. The summed E-state index contributed by atoms with van der Waals surface area (Å²) in [7, 11) is 0. The summed E-state index contributed by atoms with van der Waals surface area (Å²) >= 11 is 6.11. The lowest BCUT2D eigenvalue weighted by Crippen LogP contribution is -2.05. The number of aromatic nitrogens is 8. The first-order chi connectivity index (χ1) is 19.0. The molecule has 1 N–H and O–H groups in total. The lowest BCUT2D eigenvalue weighted by atomic mass is 9.98. The molecule has 0 atom stereocenters. The topological polar surface area (TPSA) is 107 Å². The number of tetrazole rings is 1. The van der Waals surface area contributed by atoms with Crippen LogP contribution < -0.4 is 4.74 Å². The summed E-state index contributed by atoms with van der Waals surface area (Å²) < 4.78 is 8.21. The van der Waals surface area contributed by atoms with Gasteiger partial charge in [-0.2, -0.15) is 5.21 Å². The molecule has 9 nitrogen and oxygen atoms in total. The summed E-state index contributed by atoms with van der Waals surface area (Å²) in [5.41, 5.74) is 7.87. The van der Waals surface area contributed by atoms with E-state index in [4.69, 9.17) is 26.3 Å². The lowest BCUT2D eigenvalue weighted by Gasteiger charge is -2.12. The van der Waals surface area contributed by atoms with Crippen molar-refractivity contribution in [2.75, 3.05) is 0 Å². The van der Waals surface area contributed by atoms with Gasteiger partial charge in [-0.05, 0) is 71.6 Å². The maximum atomic E-state index is 6.11. The molecule has 0 fully saturated rings. The molecule has 10 heteroatoms. The van der Waals surface area contributed by atoms with E-state index >= 15 is 0 Å². The number of aryl methyl sites for hydroxylation is 3. The molecular formula is C29H25ClN8O. The van der Waals surface area contributed by atoms with Crippen LogP contribution in [0.3, 0.4) is 0 Å². The smallest absolute Gasteiger partial charge is 0.220 e. The Kier molecular flexibility index (Phi) is 6.50. The number of rotatable bonds is 7. The molecule has 0 saturated carbocycles. The van der Waals surface area contributed by atoms with Gasteiger partial charge in [0.15, 0.2) is 5.65 Å². The van der Waals surface area contributed by atoms with E-state index in [0.29, 0.717) is 29.0 Å².